The number of ether oxygens (including phenoxy) is 2. The van der Waals surface area contributed by atoms with E-state index in [0.29, 0.717) is 18.0 Å². The van der Waals surface area contributed by atoms with E-state index in [1.807, 2.05) is 12.1 Å². The van der Waals surface area contributed by atoms with Gasteiger partial charge in [-0.3, -0.25) is 19.3 Å². The molecule has 0 radical (unpaired) electrons. The van der Waals surface area contributed by atoms with Gasteiger partial charge in [0.25, 0.3) is 0 Å². The van der Waals surface area contributed by atoms with Gasteiger partial charge in [-0.15, -0.1) is 0 Å². The van der Waals surface area contributed by atoms with E-state index in [1.165, 1.54) is 0 Å². The lowest BCUT2D eigenvalue weighted by Gasteiger charge is -2.19. The Balaban J connectivity index is 1.42. The van der Waals surface area contributed by atoms with E-state index in [-0.39, 0.29) is 42.7 Å². The fourth-order valence-corrected chi connectivity index (χ4v) is 3.64. The number of nitrogens with zero attached hydrogens (tertiary/aromatic N) is 1. The van der Waals surface area contributed by atoms with Crippen molar-refractivity contribution < 1.29 is 23.9 Å². The second kappa shape index (κ2) is 8.21. The van der Waals surface area contributed by atoms with Gasteiger partial charge in [-0.05, 0) is 25.0 Å². The molecule has 140 valence electrons. The number of hydrogen-bond acceptors (Lipinski definition) is 5. The van der Waals surface area contributed by atoms with E-state index in [4.69, 9.17) is 9.47 Å². The van der Waals surface area contributed by atoms with Crippen molar-refractivity contribution in [3.63, 3.8) is 0 Å². The predicted octanol–water partition coefficient (Wildman–Crippen LogP) is 1.37. The second-order valence-electron chi connectivity index (χ2n) is 6.64. The fourth-order valence-electron chi connectivity index (χ4n) is 3.64. The van der Waals surface area contributed by atoms with Gasteiger partial charge in [0, 0.05) is 6.07 Å². The molecule has 1 N–H and O–H groups in total. The summed E-state index contributed by atoms with van der Waals surface area (Å²) in [6, 6.07) is 7.19. The molecular weight excluding hydrogens is 336 g/mol. The predicted molar refractivity (Wildman–Crippen MR) is 93.7 cm³/mol. The number of carbonyl (C=O) groups is 3. The van der Waals surface area contributed by atoms with Crippen molar-refractivity contribution in [1.82, 2.24) is 10.2 Å². The van der Waals surface area contributed by atoms with E-state index in [0.717, 1.165) is 30.6 Å². The minimum Gasteiger partial charge on any atom is -0.497 e. The summed E-state index contributed by atoms with van der Waals surface area (Å²) in [7, 11) is 1.58. The number of hydrogen-bond donors (Lipinski definition) is 1. The number of carbonyl (C=O) groups excluding carboxylic acids is 3. The Labute approximate surface area is 152 Å². The summed E-state index contributed by atoms with van der Waals surface area (Å²) in [5.41, 5.74) is 0. The minimum absolute atomic E-state index is 0.192. The number of amides is 3. The Morgan fingerprint density at radius 3 is 2.46 bits per heavy atom. The number of benzene rings is 1. The molecule has 0 unspecified atom stereocenters. The van der Waals surface area contributed by atoms with E-state index < -0.39 is 0 Å². The SMILES string of the molecule is COc1cccc(OCCNC(=O)CN2C(=O)[C@H]3CCCC[C@H]3C2=O)c1. The molecule has 1 heterocycles. The van der Waals surface area contributed by atoms with Crippen LogP contribution >= 0.6 is 0 Å². The van der Waals surface area contributed by atoms with Crippen molar-refractivity contribution in [2.75, 3.05) is 26.8 Å². The first kappa shape index (κ1) is 18.2. The van der Waals surface area contributed by atoms with Crippen LogP contribution in [-0.4, -0.2) is 49.4 Å². The first-order chi connectivity index (χ1) is 12.6. The molecule has 3 amide bonds. The van der Waals surface area contributed by atoms with Crippen LogP contribution in [0.5, 0.6) is 11.5 Å². The molecule has 1 aromatic rings. The summed E-state index contributed by atoms with van der Waals surface area (Å²) in [5.74, 6) is 0.164. The zero-order valence-electron chi connectivity index (χ0n) is 14.9. The molecule has 2 aliphatic rings. The summed E-state index contributed by atoms with van der Waals surface area (Å²) >= 11 is 0. The lowest BCUT2D eigenvalue weighted by molar-refractivity contribution is -0.143. The Morgan fingerprint density at radius 1 is 1.15 bits per heavy atom. The lowest BCUT2D eigenvalue weighted by Crippen LogP contribution is -2.42. The fraction of sp³-hybridized carbons (Fsp3) is 0.526. The molecule has 0 bridgehead atoms. The molecule has 1 aliphatic heterocycles. The number of rotatable bonds is 7. The maximum atomic E-state index is 12.3. The van der Waals surface area contributed by atoms with Crippen LogP contribution in [0.15, 0.2) is 24.3 Å². The van der Waals surface area contributed by atoms with Gasteiger partial charge in [0.15, 0.2) is 0 Å². The van der Waals surface area contributed by atoms with Crippen LogP contribution in [0.25, 0.3) is 0 Å². The minimum atomic E-state index is -0.348. The second-order valence-corrected chi connectivity index (χ2v) is 6.64. The summed E-state index contributed by atoms with van der Waals surface area (Å²) in [4.78, 5) is 37.9. The van der Waals surface area contributed by atoms with Gasteiger partial charge in [0.2, 0.25) is 17.7 Å². The van der Waals surface area contributed by atoms with Crippen LogP contribution in [0.3, 0.4) is 0 Å². The quantitative estimate of drug-likeness (QED) is 0.586. The number of imide groups is 1. The van der Waals surface area contributed by atoms with E-state index in [9.17, 15) is 14.4 Å². The highest BCUT2D eigenvalue weighted by Gasteiger charge is 2.48. The van der Waals surface area contributed by atoms with E-state index >= 15 is 0 Å². The molecule has 0 aromatic heterocycles. The van der Waals surface area contributed by atoms with Crippen molar-refractivity contribution in [3.05, 3.63) is 24.3 Å². The van der Waals surface area contributed by atoms with Gasteiger partial charge >= 0.3 is 0 Å². The molecule has 3 rings (SSSR count). The van der Waals surface area contributed by atoms with Gasteiger partial charge in [-0.2, -0.15) is 0 Å². The summed E-state index contributed by atoms with van der Waals surface area (Å²) in [5, 5.41) is 2.69. The molecule has 1 saturated carbocycles. The maximum absolute atomic E-state index is 12.3. The van der Waals surface area contributed by atoms with Gasteiger partial charge in [-0.1, -0.05) is 18.9 Å². The number of nitrogens with one attached hydrogen (secondary N) is 1. The number of methoxy groups -OCH3 is 1. The lowest BCUT2D eigenvalue weighted by atomic mass is 9.81. The van der Waals surface area contributed by atoms with Crippen LogP contribution < -0.4 is 14.8 Å². The Bertz CT molecular complexity index is 666. The molecule has 0 spiro atoms. The van der Waals surface area contributed by atoms with Crippen molar-refractivity contribution in [3.8, 4) is 11.5 Å². The first-order valence-electron chi connectivity index (χ1n) is 8.99. The highest BCUT2D eigenvalue weighted by molar-refractivity contribution is 6.07. The molecule has 7 heteroatoms. The van der Waals surface area contributed by atoms with Crippen LogP contribution in [-0.2, 0) is 14.4 Å². The average Bonchev–Trinajstić information content (AvgIpc) is 2.91. The van der Waals surface area contributed by atoms with Crippen molar-refractivity contribution in [1.29, 1.82) is 0 Å². The smallest absolute Gasteiger partial charge is 0.240 e. The monoisotopic (exact) mass is 360 g/mol. The summed E-state index contributed by atoms with van der Waals surface area (Å²) in [6.07, 6.45) is 3.45. The van der Waals surface area contributed by atoms with E-state index in [1.54, 1.807) is 19.2 Å². The Morgan fingerprint density at radius 2 is 1.81 bits per heavy atom. The Hall–Kier alpha value is -2.57. The number of likely N-dealkylation sites (tertiary alicyclic amines) is 1. The summed E-state index contributed by atoms with van der Waals surface area (Å²) < 4.78 is 10.7. The highest BCUT2D eigenvalue weighted by atomic mass is 16.5. The molecule has 1 saturated heterocycles. The van der Waals surface area contributed by atoms with Gasteiger partial charge in [-0.25, -0.2) is 0 Å². The molecule has 2 fully saturated rings. The third kappa shape index (κ3) is 3.98. The normalized spacial score (nSPS) is 22.1. The summed E-state index contributed by atoms with van der Waals surface area (Å²) in [6.45, 7) is 0.370. The highest BCUT2D eigenvalue weighted by Crippen LogP contribution is 2.37. The van der Waals surface area contributed by atoms with E-state index in [2.05, 4.69) is 5.32 Å². The molecule has 26 heavy (non-hydrogen) atoms. The third-order valence-electron chi connectivity index (χ3n) is 4.97. The standard InChI is InChI=1S/C19H24N2O5/c1-25-13-5-4-6-14(11-13)26-10-9-20-17(22)12-21-18(23)15-7-2-3-8-16(15)19(21)24/h4-6,11,15-16H,2-3,7-10,12H2,1H3,(H,20,22)/t15-,16+. The Kier molecular flexibility index (Phi) is 5.75. The first-order valence-corrected chi connectivity index (χ1v) is 8.99. The molecule has 2 atom stereocenters. The molecular formula is C19H24N2O5. The van der Waals surface area contributed by atoms with Gasteiger partial charge < -0.3 is 14.8 Å². The van der Waals surface area contributed by atoms with Crippen LogP contribution in [0.4, 0.5) is 0 Å². The number of fused-ring (bicyclic) bond motifs is 1. The molecule has 1 aliphatic carbocycles. The zero-order chi connectivity index (χ0) is 18.5. The molecule has 7 nitrogen and oxygen atoms in total. The van der Waals surface area contributed by atoms with Crippen LogP contribution in [0.2, 0.25) is 0 Å². The van der Waals surface area contributed by atoms with Crippen molar-refractivity contribution >= 4 is 17.7 Å². The van der Waals surface area contributed by atoms with Gasteiger partial charge in [0.05, 0.1) is 25.5 Å². The maximum Gasteiger partial charge on any atom is 0.240 e. The van der Waals surface area contributed by atoms with Gasteiger partial charge in [0.1, 0.15) is 24.7 Å². The topological polar surface area (TPSA) is 84.9 Å². The average molecular weight is 360 g/mol. The van der Waals surface area contributed by atoms with Crippen molar-refractivity contribution in [2.45, 2.75) is 25.7 Å². The van der Waals surface area contributed by atoms with Crippen LogP contribution in [0.1, 0.15) is 25.7 Å². The van der Waals surface area contributed by atoms with Crippen molar-refractivity contribution in [2.24, 2.45) is 11.8 Å². The molecule has 1 aromatic carbocycles. The third-order valence-corrected chi connectivity index (χ3v) is 4.97. The zero-order valence-corrected chi connectivity index (χ0v) is 14.9. The van der Waals surface area contributed by atoms with Crippen LogP contribution in [0, 0.1) is 11.8 Å². The largest absolute Gasteiger partial charge is 0.497 e.